The van der Waals surface area contributed by atoms with Gasteiger partial charge in [-0.1, -0.05) is 85.6 Å². The summed E-state index contributed by atoms with van der Waals surface area (Å²) in [5.41, 5.74) is 7.97. The van der Waals surface area contributed by atoms with Crippen molar-refractivity contribution in [2.24, 2.45) is 5.73 Å². The Hall–Kier alpha value is -3.77. The summed E-state index contributed by atoms with van der Waals surface area (Å²) in [5.74, 6) is 0.0366. The largest absolute Gasteiger partial charge is 0.332 e. The number of aromatic amines is 1. The Labute approximate surface area is 212 Å². The van der Waals surface area contributed by atoms with Gasteiger partial charge in [-0.15, -0.1) is 0 Å². The molecule has 0 aliphatic heterocycles. The fraction of sp³-hybridized carbons (Fsp3) is 0.300. The molecule has 0 saturated carbocycles. The number of para-hydroxylation sites is 1. The van der Waals surface area contributed by atoms with E-state index in [4.69, 9.17) is 10.7 Å². The van der Waals surface area contributed by atoms with Crippen molar-refractivity contribution < 1.29 is 4.79 Å². The molecule has 3 N–H and O–H groups in total. The molecule has 1 aromatic heterocycles. The van der Waals surface area contributed by atoms with E-state index in [0.29, 0.717) is 29.8 Å². The van der Waals surface area contributed by atoms with Gasteiger partial charge < -0.3 is 15.6 Å². The molecular formula is C30H34N4O2. The zero-order chi connectivity index (χ0) is 25.3. The van der Waals surface area contributed by atoms with Crippen LogP contribution in [-0.4, -0.2) is 33.9 Å². The number of aromatic nitrogens is 2. The van der Waals surface area contributed by atoms with Crippen LogP contribution in [-0.2, 0) is 4.79 Å². The fourth-order valence-electron chi connectivity index (χ4n) is 4.66. The Morgan fingerprint density at radius 3 is 2.08 bits per heavy atom. The minimum atomic E-state index is -0.453. The van der Waals surface area contributed by atoms with Gasteiger partial charge >= 0.3 is 0 Å². The monoisotopic (exact) mass is 482 g/mol. The molecule has 1 heterocycles. The maximum Gasteiger partial charge on any atom is 0.258 e. The number of carbonyl (C=O) groups excluding carboxylic acids is 1. The van der Waals surface area contributed by atoms with Crippen molar-refractivity contribution in [1.82, 2.24) is 14.9 Å². The number of nitrogens with two attached hydrogens (primary N) is 1. The number of nitrogens with one attached hydrogen (secondary N) is 1. The maximum atomic E-state index is 14.3. The third-order valence-electron chi connectivity index (χ3n) is 6.64. The lowest BCUT2D eigenvalue weighted by Crippen LogP contribution is -2.39. The van der Waals surface area contributed by atoms with E-state index in [2.05, 4.69) is 4.98 Å². The second-order valence-electron chi connectivity index (χ2n) is 9.13. The molecular weight excluding hydrogens is 448 g/mol. The molecule has 0 radical (unpaired) electrons. The van der Waals surface area contributed by atoms with E-state index in [-0.39, 0.29) is 11.5 Å². The van der Waals surface area contributed by atoms with Crippen molar-refractivity contribution in [3.05, 3.63) is 112 Å². The van der Waals surface area contributed by atoms with Crippen molar-refractivity contribution in [3.63, 3.8) is 0 Å². The number of rotatable bonds is 11. The van der Waals surface area contributed by atoms with Crippen molar-refractivity contribution in [1.29, 1.82) is 0 Å². The molecule has 0 saturated heterocycles. The molecule has 4 rings (SSSR count). The van der Waals surface area contributed by atoms with Crippen LogP contribution in [0.5, 0.6) is 0 Å². The first-order valence-corrected chi connectivity index (χ1v) is 12.7. The number of unbranched alkanes of at least 4 members (excludes halogenated alkanes) is 3. The maximum absolute atomic E-state index is 14.3. The van der Waals surface area contributed by atoms with Gasteiger partial charge in [-0.05, 0) is 49.6 Å². The van der Waals surface area contributed by atoms with Gasteiger partial charge in [-0.25, -0.2) is 4.98 Å². The smallest absolute Gasteiger partial charge is 0.258 e. The summed E-state index contributed by atoms with van der Waals surface area (Å²) in [6.45, 7) is 3.18. The summed E-state index contributed by atoms with van der Waals surface area (Å²) in [7, 11) is 0. The molecule has 0 spiro atoms. The predicted molar refractivity (Wildman–Crippen MR) is 145 cm³/mol. The number of benzene rings is 3. The Bertz CT molecular complexity index is 1280. The average molecular weight is 483 g/mol. The van der Waals surface area contributed by atoms with E-state index in [9.17, 15) is 9.59 Å². The lowest BCUT2D eigenvalue weighted by Gasteiger charge is -2.32. The van der Waals surface area contributed by atoms with Gasteiger partial charge in [0.2, 0.25) is 5.91 Å². The quantitative estimate of drug-likeness (QED) is 0.289. The van der Waals surface area contributed by atoms with Crippen molar-refractivity contribution in [2.45, 2.75) is 44.6 Å². The summed E-state index contributed by atoms with van der Waals surface area (Å²) in [5, 5.41) is 0.541. The van der Waals surface area contributed by atoms with Crippen LogP contribution in [0, 0.1) is 0 Å². The lowest BCUT2D eigenvalue weighted by atomic mass is 9.89. The van der Waals surface area contributed by atoms with E-state index >= 15 is 0 Å². The van der Waals surface area contributed by atoms with Gasteiger partial charge in [-0.2, -0.15) is 0 Å². The molecule has 0 fully saturated rings. The number of carbonyl (C=O) groups is 1. The minimum Gasteiger partial charge on any atom is -0.332 e. The molecule has 3 aromatic carbocycles. The Morgan fingerprint density at radius 1 is 0.861 bits per heavy atom. The lowest BCUT2D eigenvalue weighted by molar-refractivity contribution is -0.134. The van der Waals surface area contributed by atoms with Gasteiger partial charge in [0.15, 0.2) is 0 Å². The molecule has 6 heteroatoms. The third kappa shape index (κ3) is 5.89. The second-order valence-corrected chi connectivity index (χ2v) is 9.13. The van der Waals surface area contributed by atoms with Gasteiger partial charge in [-0.3, -0.25) is 9.59 Å². The summed E-state index contributed by atoms with van der Waals surface area (Å²) >= 11 is 0. The van der Waals surface area contributed by atoms with Crippen LogP contribution in [0.3, 0.4) is 0 Å². The summed E-state index contributed by atoms with van der Waals surface area (Å²) in [4.78, 5) is 36.7. The molecule has 0 aliphatic rings. The SMILES string of the molecule is CC(c1nc2ccccc2c(=O)[nH]1)N(CCCCCCN)C(=O)C(c1ccccc1)c1ccccc1. The molecule has 1 atom stereocenters. The summed E-state index contributed by atoms with van der Waals surface area (Å²) in [6, 6.07) is 26.6. The summed E-state index contributed by atoms with van der Waals surface area (Å²) < 4.78 is 0. The number of nitrogens with zero attached hydrogens (tertiary/aromatic N) is 2. The predicted octanol–water partition coefficient (Wildman–Crippen LogP) is 5.16. The van der Waals surface area contributed by atoms with Crippen LogP contribution in [0.2, 0.25) is 0 Å². The first-order valence-electron chi connectivity index (χ1n) is 12.7. The van der Waals surface area contributed by atoms with E-state index in [1.165, 1.54) is 0 Å². The molecule has 0 aliphatic carbocycles. The first-order chi connectivity index (χ1) is 17.6. The third-order valence-corrected chi connectivity index (χ3v) is 6.64. The average Bonchev–Trinajstić information content (AvgIpc) is 2.91. The van der Waals surface area contributed by atoms with Crippen LogP contribution in [0.4, 0.5) is 0 Å². The number of H-pyrrole nitrogens is 1. The summed E-state index contributed by atoms with van der Waals surface area (Å²) in [6.07, 6.45) is 3.83. The zero-order valence-corrected chi connectivity index (χ0v) is 20.8. The van der Waals surface area contributed by atoms with Gasteiger partial charge in [0.1, 0.15) is 5.82 Å². The van der Waals surface area contributed by atoms with Crippen LogP contribution in [0.15, 0.2) is 89.7 Å². The van der Waals surface area contributed by atoms with Crippen LogP contribution in [0.1, 0.15) is 61.5 Å². The van der Waals surface area contributed by atoms with Crippen LogP contribution < -0.4 is 11.3 Å². The van der Waals surface area contributed by atoms with E-state index in [1.54, 1.807) is 6.07 Å². The first kappa shape index (κ1) is 25.3. The van der Waals surface area contributed by atoms with Crippen molar-refractivity contribution in [3.8, 4) is 0 Å². The minimum absolute atomic E-state index is 0.00506. The molecule has 1 unspecified atom stereocenters. The number of hydrogen-bond acceptors (Lipinski definition) is 4. The van der Waals surface area contributed by atoms with Gasteiger partial charge in [0.25, 0.3) is 5.56 Å². The van der Waals surface area contributed by atoms with Crippen LogP contribution >= 0.6 is 0 Å². The van der Waals surface area contributed by atoms with E-state index < -0.39 is 12.0 Å². The molecule has 6 nitrogen and oxygen atoms in total. The second kappa shape index (κ2) is 12.3. The number of hydrogen-bond donors (Lipinski definition) is 2. The highest BCUT2D eigenvalue weighted by Gasteiger charge is 2.31. The van der Waals surface area contributed by atoms with E-state index in [0.717, 1.165) is 36.8 Å². The standard InChI is InChI=1S/C30H34N4O2/c1-22(28-32-26-19-11-10-18-25(26)29(35)33-28)34(21-13-3-2-12-20-31)30(36)27(23-14-6-4-7-15-23)24-16-8-5-9-17-24/h4-11,14-19,22,27H,2-3,12-13,20-21,31H2,1H3,(H,32,33,35). The Morgan fingerprint density at radius 2 is 1.44 bits per heavy atom. The molecule has 4 aromatic rings. The fourth-order valence-corrected chi connectivity index (χ4v) is 4.66. The number of fused-ring (bicyclic) bond motifs is 1. The van der Waals surface area contributed by atoms with Gasteiger partial charge in [0, 0.05) is 6.54 Å². The molecule has 0 bridgehead atoms. The van der Waals surface area contributed by atoms with Crippen molar-refractivity contribution in [2.75, 3.05) is 13.1 Å². The molecule has 1 amide bonds. The van der Waals surface area contributed by atoms with Gasteiger partial charge in [0.05, 0.1) is 22.9 Å². The number of amides is 1. The Balaban J connectivity index is 1.72. The van der Waals surface area contributed by atoms with Crippen LogP contribution in [0.25, 0.3) is 10.9 Å². The van der Waals surface area contributed by atoms with Crippen molar-refractivity contribution >= 4 is 16.8 Å². The molecule has 186 valence electrons. The topological polar surface area (TPSA) is 92.1 Å². The van der Waals surface area contributed by atoms with E-state index in [1.807, 2.05) is 90.7 Å². The molecule has 36 heavy (non-hydrogen) atoms. The highest BCUT2D eigenvalue weighted by molar-refractivity contribution is 5.87. The highest BCUT2D eigenvalue weighted by Crippen LogP contribution is 2.30. The Kier molecular flexibility index (Phi) is 8.63. The highest BCUT2D eigenvalue weighted by atomic mass is 16.2. The zero-order valence-electron chi connectivity index (χ0n) is 20.8. The normalized spacial score (nSPS) is 12.1.